The molecule has 0 spiro atoms. The fourth-order valence-electron chi connectivity index (χ4n) is 2.20. The van der Waals surface area contributed by atoms with Gasteiger partial charge in [0.15, 0.2) is 0 Å². The second-order valence-electron chi connectivity index (χ2n) is 4.54. The van der Waals surface area contributed by atoms with Crippen LogP contribution in [0.2, 0.25) is 0 Å². The molecule has 0 saturated carbocycles. The van der Waals surface area contributed by atoms with Crippen LogP contribution in [-0.2, 0) is 9.59 Å². The number of barbiturate groups is 1. The van der Waals surface area contributed by atoms with Gasteiger partial charge in [-0.25, -0.2) is 4.79 Å². The summed E-state index contributed by atoms with van der Waals surface area (Å²) in [7, 11) is 0. The van der Waals surface area contributed by atoms with E-state index in [1.165, 1.54) is 6.26 Å². The molecule has 0 aliphatic carbocycles. The van der Waals surface area contributed by atoms with Gasteiger partial charge in [-0.15, -0.1) is 0 Å². The molecule has 102 valence electrons. The number of hydrogen-bond donors (Lipinski definition) is 1. The van der Waals surface area contributed by atoms with Crippen LogP contribution in [0.15, 0.2) is 22.8 Å². The van der Waals surface area contributed by atoms with Gasteiger partial charge in [-0.1, -0.05) is 13.3 Å². The van der Waals surface area contributed by atoms with Crippen LogP contribution in [0, 0.1) is 5.92 Å². The normalized spacial score (nSPS) is 21.5. The Bertz CT molecular complexity index is 495. The molecule has 1 aromatic heterocycles. The molecule has 2 heterocycles. The van der Waals surface area contributed by atoms with Crippen molar-refractivity contribution in [2.24, 2.45) is 5.92 Å². The predicted octanol–water partition coefficient (Wildman–Crippen LogP) is 1.84. The van der Waals surface area contributed by atoms with E-state index < -0.39 is 29.8 Å². The summed E-state index contributed by atoms with van der Waals surface area (Å²) in [6.45, 7) is 3.58. The summed E-state index contributed by atoms with van der Waals surface area (Å²) in [6.07, 6.45) is 2.60. The Morgan fingerprint density at radius 1 is 1.42 bits per heavy atom. The number of carbonyl (C=O) groups is 3. The van der Waals surface area contributed by atoms with E-state index in [4.69, 9.17) is 4.42 Å². The van der Waals surface area contributed by atoms with Gasteiger partial charge in [-0.05, 0) is 25.5 Å². The Labute approximate surface area is 110 Å². The number of imide groups is 2. The van der Waals surface area contributed by atoms with Crippen LogP contribution in [0.3, 0.4) is 0 Å². The van der Waals surface area contributed by atoms with Gasteiger partial charge in [0.1, 0.15) is 11.7 Å². The number of nitrogens with one attached hydrogen (secondary N) is 1. The minimum Gasteiger partial charge on any atom is -0.467 e. The van der Waals surface area contributed by atoms with E-state index in [0.29, 0.717) is 18.6 Å². The van der Waals surface area contributed by atoms with Crippen LogP contribution in [0.4, 0.5) is 4.79 Å². The van der Waals surface area contributed by atoms with Crippen LogP contribution in [0.25, 0.3) is 0 Å². The monoisotopic (exact) mass is 264 g/mol. The molecule has 19 heavy (non-hydrogen) atoms. The smallest absolute Gasteiger partial charge is 0.331 e. The fourth-order valence-corrected chi connectivity index (χ4v) is 2.20. The molecule has 2 atom stereocenters. The van der Waals surface area contributed by atoms with Crippen molar-refractivity contribution in [3.63, 3.8) is 0 Å². The van der Waals surface area contributed by atoms with Gasteiger partial charge in [-0.2, -0.15) is 0 Å². The molecular formula is C13H16N2O4. The highest BCUT2D eigenvalue weighted by Crippen LogP contribution is 2.26. The first-order chi connectivity index (χ1) is 9.06. The van der Waals surface area contributed by atoms with Crippen molar-refractivity contribution in [3.05, 3.63) is 24.2 Å². The molecular weight excluding hydrogens is 248 g/mol. The van der Waals surface area contributed by atoms with Gasteiger partial charge in [0.2, 0.25) is 11.8 Å². The minimum absolute atomic E-state index is 0.430. The SMILES string of the molecule is CCCC1C(=O)NC(=O)N(C(C)c2ccco2)C1=O. The van der Waals surface area contributed by atoms with Gasteiger partial charge in [0.25, 0.3) is 0 Å². The first-order valence-electron chi connectivity index (χ1n) is 6.27. The van der Waals surface area contributed by atoms with E-state index in [2.05, 4.69) is 5.32 Å². The summed E-state index contributed by atoms with van der Waals surface area (Å²) in [5.74, 6) is -1.26. The highest BCUT2D eigenvalue weighted by molar-refractivity contribution is 6.16. The molecule has 0 bridgehead atoms. The molecule has 1 N–H and O–H groups in total. The van der Waals surface area contributed by atoms with Crippen LogP contribution < -0.4 is 5.32 Å². The van der Waals surface area contributed by atoms with E-state index in [9.17, 15) is 14.4 Å². The zero-order valence-electron chi connectivity index (χ0n) is 10.9. The average molecular weight is 264 g/mol. The third kappa shape index (κ3) is 2.38. The maximum Gasteiger partial charge on any atom is 0.331 e. The molecule has 1 aromatic rings. The van der Waals surface area contributed by atoms with Crippen molar-refractivity contribution < 1.29 is 18.8 Å². The van der Waals surface area contributed by atoms with Gasteiger partial charge < -0.3 is 4.42 Å². The van der Waals surface area contributed by atoms with Gasteiger partial charge in [-0.3, -0.25) is 19.8 Å². The van der Waals surface area contributed by atoms with Crippen molar-refractivity contribution >= 4 is 17.8 Å². The molecule has 4 amide bonds. The second-order valence-corrected chi connectivity index (χ2v) is 4.54. The van der Waals surface area contributed by atoms with Crippen LogP contribution >= 0.6 is 0 Å². The Morgan fingerprint density at radius 2 is 2.16 bits per heavy atom. The summed E-state index contributed by atoms with van der Waals surface area (Å²) < 4.78 is 5.21. The van der Waals surface area contributed by atoms with Crippen LogP contribution in [0.1, 0.15) is 38.5 Å². The third-order valence-electron chi connectivity index (χ3n) is 3.22. The van der Waals surface area contributed by atoms with Crippen molar-refractivity contribution in [2.45, 2.75) is 32.7 Å². The molecule has 1 aliphatic heterocycles. The van der Waals surface area contributed by atoms with Crippen molar-refractivity contribution in [3.8, 4) is 0 Å². The number of carbonyl (C=O) groups excluding carboxylic acids is 3. The summed E-state index contributed by atoms with van der Waals surface area (Å²) in [6, 6.07) is 2.16. The molecule has 2 rings (SSSR count). The lowest BCUT2D eigenvalue weighted by Gasteiger charge is -2.33. The lowest BCUT2D eigenvalue weighted by atomic mass is 9.98. The highest BCUT2D eigenvalue weighted by Gasteiger charge is 2.42. The first-order valence-corrected chi connectivity index (χ1v) is 6.27. The Balaban J connectivity index is 2.25. The van der Waals surface area contributed by atoms with E-state index in [1.54, 1.807) is 19.1 Å². The maximum absolute atomic E-state index is 12.3. The molecule has 1 saturated heterocycles. The number of rotatable bonds is 4. The largest absolute Gasteiger partial charge is 0.467 e. The molecule has 6 heteroatoms. The lowest BCUT2D eigenvalue weighted by molar-refractivity contribution is -0.144. The fraction of sp³-hybridized carbons (Fsp3) is 0.462. The van der Waals surface area contributed by atoms with Crippen molar-refractivity contribution in [2.75, 3.05) is 0 Å². The zero-order valence-corrected chi connectivity index (χ0v) is 10.9. The van der Waals surface area contributed by atoms with E-state index in [-0.39, 0.29) is 0 Å². The summed E-state index contributed by atoms with van der Waals surface area (Å²) in [5.41, 5.74) is 0. The van der Waals surface area contributed by atoms with Crippen molar-refractivity contribution in [1.29, 1.82) is 0 Å². The molecule has 1 aliphatic rings. The molecule has 2 unspecified atom stereocenters. The first kappa shape index (κ1) is 13.3. The Kier molecular flexibility index (Phi) is 3.69. The molecule has 0 radical (unpaired) electrons. The van der Waals surface area contributed by atoms with E-state index in [0.717, 1.165) is 4.90 Å². The van der Waals surface area contributed by atoms with Crippen LogP contribution in [0.5, 0.6) is 0 Å². The van der Waals surface area contributed by atoms with Gasteiger partial charge in [0, 0.05) is 0 Å². The minimum atomic E-state index is -0.792. The Morgan fingerprint density at radius 3 is 2.74 bits per heavy atom. The highest BCUT2D eigenvalue weighted by atomic mass is 16.3. The standard InChI is InChI=1S/C13H16N2O4/c1-3-5-9-11(16)14-13(18)15(12(9)17)8(2)10-6-4-7-19-10/h4,6-9H,3,5H2,1-2H3,(H,14,16,18). The second kappa shape index (κ2) is 5.26. The average Bonchev–Trinajstić information content (AvgIpc) is 2.87. The molecule has 6 nitrogen and oxygen atoms in total. The van der Waals surface area contributed by atoms with Crippen LogP contribution in [-0.4, -0.2) is 22.7 Å². The Hall–Kier alpha value is -2.11. The molecule has 1 fully saturated rings. The van der Waals surface area contributed by atoms with E-state index in [1.807, 2.05) is 6.92 Å². The van der Waals surface area contributed by atoms with Gasteiger partial charge in [0.05, 0.1) is 12.3 Å². The predicted molar refractivity (Wildman–Crippen MR) is 65.9 cm³/mol. The summed E-state index contributed by atoms with van der Waals surface area (Å²) in [5, 5.41) is 2.22. The third-order valence-corrected chi connectivity index (χ3v) is 3.22. The number of hydrogen-bond acceptors (Lipinski definition) is 4. The quantitative estimate of drug-likeness (QED) is 0.841. The van der Waals surface area contributed by atoms with E-state index >= 15 is 0 Å². The number of nitrogens with zero attached hydrogens (tertiary/aromatic N) is 1. The number of amides is 4. The zero-order chi connectivity index (χ0) is 14.0. The summed E-state index contributed by atoms with van der Waals surface area (Å²) in [4.78, 5) is 36.8. The molecule has 0 aromatic carbocycles. The topological polar surface area (TPSA) is 79.6 Å². The maximum atomic E-state index is 12.3. The number of furan rings is 1. The lowest BCUT2D eigenvalue weighted by Crippen LogP contribution is -2.58. The number of urea groups is 1. The van der Waals surface area contributed by atoms with Gasteiger partial charge >= 0.3 is 6.03 Å². The summed E-state index contributed by atoms with van der Waals surface area (Å²) >= 11 is 0. The van der Waals surface area contributed by atoms with Crippen molar-refractivity contribution in [1.82, 2.24) is 10.2 Å².